The fourth-order valence-corrected chi connectivity index (χ4v) is 5.01. The zero-order valence-electron chi connectivity index (χ0n) is 7.48. The fourth-order valence-electron chi connectivity index (χ4n) is 1.25. The minimum Gasteiger partial charge on any atom is -0.334 e. The first kappa shape index (κ1) is 10.4. The molecule has 2 N–H and O–H groups in total. The highest BCUT2D eigenvalue weighted by Gasteiger charge is 2.24. The lowest BCUT2D eigenvalue weighted by molar-refractivity contribution is 1.46. The van der Waals surface area contributed by atoms with Gasteiger partial charge >= 0.3 is 0 Å². The minimum atomic E-state index is -1.77. The SMILES string of the molecule is CSP1(=S)NC(=S)c2ccccc2N1. The molecule has 1 atom stereocenters. The second-order valence-corrected chi connectivity index (χ2v) is 10.2. The zero-order chi connectivity index (χ0) is 10.2. The molecule has 2 nitrogen and oxygen atoms in total. The van der Waals surface area contributed by atoms with Crippen LogP contribution >= 0.6 is 29.1 Å². The topological polar surface area (TPSA) is 24.1 Å². The minimum absolute atomic E-state index is 0.761. The first-order valence-corrected chi connectivity index (χ1v) is 9.04. The van der Waals surface area contributed by atoms with Crippen molar-refractivity contribution in [2.45, 2.75) is 0 Å². The van der Waals surface area contributed by atoms with Crippen LogP contribution in [0.15, 0.2) is 24.3 Å². The number of hydrogen-bond donors (Lipinski definition) is 2. The molecule has 1 aliphatic heterocycles. The van der Waals surface area contributed by atoms with E-state index in [1.165, 1.54) is 0 Å². The number of hydrogen-bond acceptors (Lipinski definition) is 3. The summed E-state index contributed by atoms with van der Waals surface area (Å²) in [6, 6.07) is 7.97. The normalized spacial score (nSPS) is 24.8. The Morgan fingerprint density at radius 3 is 2.71 bits per heavy atom. The molecule has 14 heavy (non-hydrogen) atoms. The van der Waals surface area contributed by atoms with Crippen molar-refractivity contribution in [3.63, 3.8) is 0 Å². The quantitative estimate of drug-likeness (QED) is 0.597. The molecule has 74 valence electrons. The Labute approximate surface area is 97.7 Å². The molecule has 0 saturated heterocycles. The molecule has 0 radical (unpaired) electrons. The van der Waals surface area contributed by atoms with Crippen LogP contribution in [-0.2, 0) is 11.8 Å². The van der Waals surface area contributed by atoms with Gasteiger partial charge in [-0.25, -0.2) is 0 Å². The Bertz CT molecular complexity index is 432. The maximum Gasteiger partial charge on any atom is 0.175 e. The molecule has 0 aromatic heterocycles. The third-order valence-electron chi connectivity index (χ3n) is 1.95. The van der Waals surface area contributed by atoms with E-state index in [2.05, 4.69) is 10.2 Å². The first-order valence-electron chi connectivity index (χ1n) is 4.00. The standard InChI is InChI=1S/C8H9N2PS3/c1-14-11(13)9-7-5-3-2-4-6(7)8(12)10-11/h2-5H,1H3,(H2,9,10,12,13). The average Bonchev–Trinajstić information content (AvgIpc) is 2.18. The van der Waals surface area contributed by atoms with E-state index in [0.717, 1.165) is 16.2 Å². The van der Waals surface area contributed by atoms with Crippen LogP contribution in [0.1, 0.15) is 5.56 Å². The van der Waals surface area contributed by atoms with Gasteiger partial charge in [0.2, 0.25) is 0 Å². The van der Waals surface area contributed by atoms with Gasteiger partial charge < -0.3 is 10.2 Å². The summed E-state index contributed by atoms with van der Waals surface area (Å²) in [5, 5.41) is 6.55. The van der Waals surface area contributed by atoms with Crippen LogP contribution in [0, 0.1) is 0 Å². The van der Waals surface area contributed by atoms with Gasteiger partial charge in [0.1, 0.15) is 4.99 Å². The van der Waals surface area contributed by atoms with Crippen LogP contribution in [0.3, 0.4) is 0 Å². The van der Waals surface area contributed by atoms with Crippen LogP contribution in [0.2, 0.25) is 0 Å². The van der Waals surface area contributed by atoms with Crippen LogP contribution in [0.25, 0.3) is 0 Å². The molecule has 2 rings (SSSR count). The van der Waals surface area contributed by atoms with E-state index in [0.29, 0.717) is 0 Å². The number of fused-ring (bicyclic) bond motifs is 1. The molecule has 0 spiro atoms. The summed E-state index contributed by atoms with van der Waals surface area (Å²) in [7, 11) is 0. The van der Waals surface area contributed by atoms with E-state index in [1.807, 2.05) is 30.5 Å². The lowest BCUT2D eigenvalue weighted by atomic mass is 10.2. The van der Waals surface area contributed by atoms with E-state index in [9.17, 15) is 0 Å². The van der Waals surface area contributed by atoms with Gasteiger partial charge in [-0.1, -0.05) is 35.7 Å². The summed E-state index contributed by atoms with van der Waals surface area (Å²) in [5.41, 5.74) is 0.315. The van der Waals surface area contributed by atoms with Crippen molar-refractivity contribution in [1.29, 1.82) is 0 Å². The van der Waals surface area contributed by atoms with Crippen molar-refractivity contribution < 1.29 is 0 Å². The predicted molar refractivity (Wildman–Crippen MR) is 72.7 cm³/mol. The van der Waals surface area contributed by atoms with Gasteiger partial charge in [-0.2, -0.15) is 0 Å². The Morgan fingerprint density at radius 1 is 1.29 bits per heavy atom. The Morgan fingerprint density at radius 2 is 2.00 bits per heavy atom. The van der Waals surface area contributed by atoms with Gasteiger partial charge in [0, 0.05) is 11.3 Å². The van der Waals surface area contributed by atoms with E-state index in [4.69, 9.17) is 24.0 Å². The highest BCUT2D eigenvalue weighted by Crippen LogP contribution is 2.55. The summed E-state index contributed by atoms with van der Waals surface area (Å²) in [6.45, 7) is 0. The molecular weight excluding hydrogens is 251 g/mol. The Kier molecular flexibility index (Phi) is 2.84. The van der Waals surface area contributed by atoms with Crippen LogP contribution in [-0.4, -0.2) is 11.2 Å². The highest BCUT2D eigenvalue weighted by atomic mass is 32.9. The van der Waals surface area contributed by atoms with Crippen molar-refractivity contribution in [3.8, 4) is 0 Å². The van der Waals surface area contributed by atoms with Crippen molar-refractivity contribution >= 4 is 51.6 Å². The number of rotatable bonds is 1. The number of anilines is 1. The molecule has 0 saturated carbocycles. The van der Waals surface area contributed by atoms with Gasteiger partial charge in [-0.05, 0) is 30.2 Å². The Balaban J connectivity index is 2.48. The second-order valence-electron chi connectivity index (χ2n) is 2.83. The molecule has 0 fully saturated rings. The van der Waals surface area contributed by atoms with Crippen molar-refractivity contribution in [1.82, 2.24) is 5.09 Å². The summed E-state index contributed by atoms with van der Waals surface area (Å²) in [6.07, 6.45) is 2.00. The molecule has 1 aromatic carbocycles. The maximum absolute atomic E-state index is 5.47. The largest absolute Gasteiger partial charge is 0.334 e. The number of nitrogens with one attached hydrogen (secondary N) is 2. The summed E-state index contributed by atoms with van der Waals surface area (Å²) in [5.74, 6) is 0. The molecule has 1 unspecified atom stereocenters. The van der Waals surface area contributed by atoms with Gasteiger partial charge in [-0.3, -0.25) is 0 Å². The Hall–Kier alpha value is -0.0900. The van der Waals surface area contributed by atoms with E-state index in [1.54, 1.807) is 11.4 Å². The molecule has 1 aromatic rings. The van der Waals surface area contributed by atoms with E-state index in [-0.39, 0.29) is 0 Å². The van der Waals surface area contributed by atoms with E-state index >= 15 is 0 Å². The third-order valence-corrected chi connectivity index (χ3v) is 7.97. The average molecular weight is 260 g/mol. The molecular formula is C8H9N2PS3. The molecule has 6 heteroatoms. The lowest BCUT2D eigenvalue weighted by Gasteiger charge is -2.30. The van der Waals surface area contributed by atoms with Gasteiger partial charge in [0.25, 0.3) is 0 Å². The lowest BCUT2D eigenvalue weighted by Crippen LogP contribution is -2.27. The monoisotopic (exact) mass is 260 g/mol. The van der Waals surface area contributed by atoms with Gasteiger partial charge in [0.05, 0.1) is 0 Å². The molecule has 1 aliphatic rings. The smallest absolute Gasteiger partial charge is 0.175 e. The molecule has 1 heterocycles. The summed E-state index contributed by atoms with van der Waals surface area (Å²) >= 11 is 12.4. The maximum atomic E-state index is 5.47. The van der Waals surface area contributed by atoms with Crippen molar-refractivity contribution in [3.05, 3.63) is 29.8 Å². The van der Waals surface area contributed by atoms with Crippen molar-refractivity contribution in [2.75, 3.05) is 11.3 Å². The number of thiocarbonyl (C=S) groups is 1. The summed E-state index contributed by atoms with van der Waals surface area (Å²) < 4.78 is 0. The summed E-state index contributed by atoms with van der Waals surface area (Å²) in [4.78, 5) is 0.761. The van der Waals surface area contributed by atoms with Gasteiger partial charge in [0.15, 0.2) is 5.54 Å². The molecule has 0 bridgehead atoms. The van der Waals surface area contributed by atoms with Gasteiger partial charge in [-0.15, -0.1) is 0 Å². The molecule has 0 aliphatic carbocycles. The number of para-hydroxylation sites is 1. The number of benzene rings is 1. The fraction of sp³-hybridized carbons (Fsp3) is 0.125. The van der Waals surface area contributed by atoms with E-state index < -0.39 is 5.54 Å². The van der Waals surface area contributed by atoms with Crippen LogP contribution in [0.5, 0.6) is 0 Å². The molecule has 0 amide bonds. The van der Waals surface area contributed by atoms with Crippen LogP contribution < -0.4 is 10.2 Å². The zero-order valence-corrected chi connectivity index (χ0v) is 10.8. The van der Waals surface area contributed by atoms with Crippen molar-refractivity contribution in [2.24, 2.45) is 0 Å². The third kappa shape index (κ3) is 1.82. The second kappa shape index (κ2) is 3.81. The highest BCUT2D eigenvalue weighted by molar-refractivity contribution is 8.70. The van der Waals surface area contributed by atoms with Crippen LogP contribution in [0.4, 0.5) is 5.69 Å². The predicted octanol–water partition coefficient (Wildman–Crippen LogP) is 2.96. The first-order chi connectivity index (χ1) is 6.64.